The van der Waals surface area contributed by atoms with Crippen LogP contribution in [0.2, 0.25) is 0 Å². The first-order valence-electron chi connectivity index (χ1n) is 4.58. The molecule has 1 heterocycles. The highest BCUT2D eigenvalue weighted by atomic mass is 79.9. The SMILES string of the molecule is COc1ccc(-c2ccc(C#N)s2)cc1Br. The van der Waals surface area contributed by atoms with Crippen molar-refractivity contribution >= 4 is 27.3 Å². The molecule has 0 aliphatic carbocycles. The van der Waals surface area contributed by atoms with Crippen LogP contribution in [0.1, 0.15) is 4.88 Å². The molecule has 0 spiro atoms. The van der Waals surface area contributed by atoms with Gasteiger partial charge in [0.05, 0.1) is 11.6 Å². The molecule has 1 aromatic heterocycles. The van der Waals surface area contributed by atoms with E-state index in [2.05, 4.69) is 22.0 Å². The van der Waals surface area contributed by atoms with Crippen molar-refractivity contribution in [3.63, 3.8) is 0 Å². The van der Waals surface area contributed by atoms with E-state index in [9.17, 15) is 0 Å². The molecule has 2 nitrogen and oxygen atoms in total. The van der Waals surface area contributed by atoms with Gasteiger partial charge in [0.15, 0.2) is 0 Å². The van der Waals surface area contributed by atoms with E-state index in [1.807, 2.05) is 30.3 Å². The molecule has 1 aromatic carbocycles. The van der Waals surface area contributed by atoms with Gasteiger partial charge in [0.25, 0.3) is 0 Å². The van der Waals surface area contributed by atoms with Crippen molar-refractivity contribution in [2.24, 2.45) is 0 Å². The number of rotatable bonds is 2. The Morgan fingerprint density at radius 3 is 2.69 bits per heavy atom. The van der Waals surface area contributed by atoms with E-state index in [0.29, 0.717) is 0 Å². The highest BCUT2D eigenvalue weighted by Gasteiger charge is 2.05. The molecule has 0 aliphatic rings. The largest absolute Gasteiger partial charge is 0.496 e. The molecule has 0 unspecified atom stereocenters. The second-order valence-corrected chi connectivity index (χ2v) is 5.06. The maximum absolute atomic E-state index is 8.77. The Labute approximate surface area is 106 Å². The average molecular weight is 294 g/mol. The number of nitriles is 1. The Morgan fingerprint density at radius 2 is 2.12 bits per heavy atom. The average Bonchev–Trinajstić information content (AvgIpc) is 2.77. The van der Waals surface area contributed by atoms with Gasteiger partial charge in [-0.2, -0.15) is 5.26 Å². The van der Waals surface area contributed by atoms with Crippen LogP contribution in [-0.2, 0) is 0 Å². The molecular weight excluding hydrogens is 286 g/mol. The summed E-state index contributed by atoms with van der Waals surface area (Å²) in [4.78, 5) is 1.81. The third kappa shape index (κ3) is 2.11. The van der Waals surface area contributed by atoms with Crippen molar-refractivity contribution in [3.8, 4) is 22.3 Å². The van der Waals surface area contributed by atoms with Gasteiger partial charge >= 0.3 is 0 Å². The summed E-state index contributed by atoms with van der Waals surface area (Å²) < 4.78 is 6.08. The summed E-state index contributed by atoms with van der Waals surface area (Å²) in [6.07, 6.45) is 0. The summed E-state index contributed by atoms with van der Waals surface area (Å²) in [5.41, 5.74) is 1.08. The highest BCUT2D eigenvalue weighted by Crippen LogP contribution is 2.33. The first kappa shape index (κ1) is 11.2. The van der Waals surface area contributed by atoms with Crippen LogP contribution in [0.5, 0.6) is 5.75 Å². The molecule has 2 rings (SSSR count). The Morgan fingerprint density at radius 1 is 1.31 bits per heavy atom. The molecule has 0 fully saturated rings. The van der Waals surface area contributed by atoms with Gasteiger partial charge in [-0.15, -0.1) is 11.3 Å². The number of thiophene rings is 1. The first-order valence-corrected chi connectivity index (χ1v) is 6.19. The molecule has 0 atom stereocenters. The van der Waals surface area contributed by atoms with Crippen molar-refractivity contribution in [3.05, 3.63) is 39.7 Å². The minimum absolute atomic E-state index is 0.724. The summed E-state index contributed by atoms with van der Waals surface area (Å²) >= 11 is 4.93. The van der Waals surface area contributed by atoms with Crippen molar-refractivity contribution < 1.29 is 4.74 Å². The van der Waals surface area contributed by atoms with Gasteiger partial charge in [-0.25, -0.2) is 0 Å². The fourth-order valence-electron chi connectivity index (χ4n) is 1.37. The highest BCUT2D eigenvalue weighted by molar-refractivity contribution is 9.10. The van der Waals surface area contributed by atoms with Crippen molar-refractivity contribution in [1.29, 1.82) is 5.26 Å². The minimum atomic E-state index is 0.724. The molecule has 0 saturated heterocycles. The minimum Gasteiger partial charge on any atom is -0.496 e. The van der Waals surface area contributed by atoms with Gasteiger partial charge < -0.3 is 4.74 Å². The second-order valence-electron chi connectivity index (χ2n) is 3.13. The van der Waals surface area contributed by atoms with Gasteiger partial charge in [-0.1, -0.05) is 0 Å². The van der Waals surface area contributed by atoms with E-state index < -0.39 is 0 Å². The molecule has 0 aliphatic heterocycles. The lowest BCUT2D eigenvalue weighted by molar-refractivity contribution is 0.412. The Hall–Kier alpha value is -1.31. The van der Waals surface area contributed by atoms with Crippen LogP contribution in [0.25, 0.3) is 10.4 Å². The third-order valence-electron chi connectivity index (χ3n) is 2.15. The quantitative estimate of drug-likeness (QED) is 0.837. The molecule has 4 heteroatoms. The lowest BCUT2D eigenvalue weighted by atomic mass is 10.2. The number of hydrogen-bond donors (Lipinski definition) is 0. The smallest absolute Gasteiger partial charge is 0.133 e. The fraction of sp³-hybridized carbons (Fsp3) is 0.0833. The zero-order chi connectivity index (χ0) is 11.5. The van der Waals surface area contributed by atoms with Crippen molar-refractivity contribution in [2.45, 2.75) is 0 Å². The Balaban J connectivity index is 2.42. The number of halogens is 1. The predicted molar refractivity (Wildman–Crippen MR) is 68.7 cm³/mol. The number of ether oxygens (including phenoxy) is 1. The van der Waals surface area contributed by atoms with E-state index in [4.69, 9.17) is 10.00 Å². The summed E-state index contributed by atoms with van der Waals surface area (Å²) in [6, 6.07) is 11.8. The molecule has 0 amide bonds. The van der Waals surface area contributed by atoms with Gasteiger partial charge in [0, 0.05) is 4.88 Å². The lowest BCUT2D eigenvalue weighted by Crippen LogP contribution is -1.84. The predicted octanol–water partition coefficient (Wildman–Crippen LogP) is 4.06. The first-order chi connectivity index (χ1) is 7.74. The van der Waals surface area contributed by atoms with Crippen LogP contribution < -0.4 is 4.74 Å². The molecule has 80 valence electrons. The number of methoxy groups -OCH3 is 1. The van der Waals surface area contributed by atoms with E-state index in [1.54, 1.807) is 7.11 Å². The van der Waals surface area contributed by atoms with E-state index in [0.717, 1.165) is 25.5 Å². The molecule has 0 N–H and O–H groups in total. The van der Waals surface area contributed by atoms with Crippen molar-refractivity contribution in [1.82, 2.24) is 0 Å². The molecular formula is C12H8BrNOS. The van der Waals surface area contributed by atoms with Crippen molar-refractivity contribution in [2.75, 3.05) is 7.11 Å². The van der Waals surface area contributed by atoms with Crippen LogP contribution in [-0.4, -0.2) is 7.11 Å². The van der Waals surface area contributed by atoms with Gasteiger partial charge in [-0.05, 0) is 51.8 Å². The normalized spacial score (nSPS) is 9.81. The van der Waals surface area contributed by atoms with Crippen LogP contribution >= 0.6 is 27.3 Å². The number of hydrogen-bond acceptors (Lipinski definition) is 3. The van der Waals surface area contributed by atoms with Gasteiger partial charge in [0.1, 0.15) is 16.7 Å². The third-order valence-corrected chi connectivity index (χ3v) is 3.81. The molecule has 0 saturated carbocycles. The Kier molecular flexibility index (Phi) is 3.28. The van der Waals surface area contributed by atoms with E-state index in [1.165, 1.54) is 11.3 Å². The Bertz CT molecular complexity index is 556. The molecule has 2 aromatic rings. The van der Waals surface area contributed by atoms with E-state index >= 15 is 0 Å². The summed E-state index contributed by atoms with van der Waals surface area (Å²) in [5.74, 6) is 0.806. The summed E-state index contributed by atoms with van der Waals surface area (Å²) in [5, 5.41) is 8.77. The summed E-state index contributed by atoms with van der Waals surface area (Å²) in [7, 11) is 1.64. The van der Waals surface area contributed by atoms with Crippen LogP contribution in [0, 0.1) is 11.3 Å². The van der Waals surface area contributed by atoms with Crippen LogP contribution in [0.4, 0.5) is 0 Å². The number of benzene rings is 1. The summed E-state index contributed by atoms with van der Waals surface area (Å²) in [6.45, 7) is 0. The topological polar surface area (TPSA) is 33.0 Å². The number of nitrogens with zero attached hydrogens (tertiary/aromatic N) is 1. The zero-order valence-corrected chi connectivity index (χ0v) is 10.9. The second kappa shape index (κ2) is 4.69. The van der Waals surface area contributed by atoms with Gasteiger partial charge in [0.2, 0.25) is 0 Å². The maximum atomic E-state index is 8.77. The zero-order valence-electron chi connectivity index (χ0n) is 8.53. The monoisotopic (exact) mass is 293 g/mol. The fourth-order valence-corrected chi connectivity index (χ4v) is 2.71. The lowest BCUT2D eigenvalue weighted by Gasteiger charge is -2.04. The van der Waals surface area contributed by atoms with Crippen LogP contribution in [0.3, 0.4) is 0 Å². The molecule has 0 radical (unpaired) electrons. The van der Waals surface area contributed by atoms with Crippen LogP contribution in [0.15, 0.2) is 34.8 Å². The maximum Gasteiger partial charge on any atom is 0.133 e. The van der Waals surface area contributed by atoms with E-state index in [-0.39, 0.29) is 0 Å². The standard InChI is InChI=1S/C12H8BrNOS/c1-15-11-4-2-8(6-10(11)13)12-5-3-9(7-14)16-12/h2-6H,1H3. The molecule has 0 bridgehead atoms. The molecule has 16 heavy (non-hydrogen) atoms. The van der Waals surface area contributed by atoms with Gasteiger partial charge in [-0.3, -0.25) is 0 Å².